The van der Waals surface area contributed by atoms with Gasteiger partial charge in [0.1, 0.15) is 5.75 Å². The second kappa shape index (κ2) is 7.80. The molecule has 21 heavy (non-hydrogen) atoms. The van der Waals surface area contributed by atoms with E-state index in [1.165, 1.54) is 25.7 Å². The van der Waals surface area contributed by atoms with Crippen LogP contribution in [0.2, 0.25) is 0 Å². The zero-order valence-electron chi connectivity index (χ0n) is 12.6. The molecule has 0 radical (unpaired) electrons. The molecular weight excluding hydrogens is 332 g/mol. The van der Waals surface area contributed by atoms with Crippen LogP contribution in [0.25, 0.3) is 0 Å². The number of carbonyl (C=O) groups is 1. The summed E-state index contributed by atoms with van der Waals surface area (Å²) in [6.45, 7) is 2.38. The van der Waals surface area contributed by atoms with Gasteiger partial charge in [0.15, 0.2) is 0 Å². The van der Waals surface area contributed by atoms with Crippen LogP contribution < -0.4 is 15.4 Å². The molecule has 2 rings (SSSR count). The molecule has 1 unspecified atom stereocenters. The topological polar surface area (TPSA) is 50.4 Å². The van der Waals surface area contributed by atoms with Crippen LogP contribution in [0.3, 0.4) is 0 Å². The lowest BCUT2D eigenvalue weighted by Crippen LogP contribution is -2.39. The van der Waals surface area contributed by atoms with Gasteiger partial charge in [-0.05, 0) is 53.4 Å². The minimum absolute atomic E-state index is 0.0231. The molecule has 1 aliphatic rings. The summed E-state index contributed by atoms with van der Waals surface area (Å²) in [6, 6.07) is 6.35. The van der Waals surface area contributed by atoms with Crippen molar-refractivity contribution >= 4 is 21.8 Å². The number of ether oxygens (including phenoxy) is 1. The number of carbonyl (C=O) groups excluding carboxylic acids is 1. The van der Waals surface area contributed by atoms with Gasteiger partial charge in [-0.25, -0.2) is 0 Å². The third-order valence-electron chi connectivity index (χ3n) is 3.96. The molecule has 4 nitrogen and oxygen atoms in total. The summed E-state index contributed by atoms with van der Waals surface area (Å²) >= 11 is 3.47. The van der Waals surface area contributed by atoms with Gasteiger partial charge >= 0.3 is 0 Å². The standard InChI is InChI=1S/C16H23BrN2O2/c1-11(12-7-8-15(21-2)14(17)9-12)19-16(20)10-18-13-5-3-4-6-13/h7-9,11,13,18H,3-6,10H2,1-2H3,(H,19,20). The summed E-state index contributed by atoms with van der Waals surface area (Å²) in [6.07, 6.45) is 4.92. The maximum atomic E-state index is 12.0. The lowest BCUT2D eigenvalue weighted by atomic mass is 10.1. The van der Waals surface area contributed by atoms with Gasteiger partial charge in [0.2, 0.25) is 5.91 Å². The Kier molecular flexibility index (Phi) is 6.06. The molecule has 2 N–H and O–H groups in total. The lowest BCUT2D eigenvalue weighted by Gasteiger charge is -2.17. The zero-order chi connectivity index (χ0) is 15.2. The zero-order valence-corrected chi connectivity index (χ0v) is 14.2. The number of hydrogen-bond donors (Lipinski definition) is 2. The van der Waals surface area contributed by atoms with E-state index in [0.717, 1.165) is 15.8 Å². The smallest absolute Gasteiger partial charge is 0.234 e. The first-order valence-corrected chi connectivity index (χ1v) is 8.25. The Labute approximate surface area is 134 Å². The van der Waals surface area contributed by atoms with E-state index >= 15 is 0 Å². The van der Waals surface area contributed by atoms with Gasteiger partial charge in [0.25, 0.3) is 0 Å². The molecule has 1 amide bonds. The van der Waals surface area contributed by atoms with E-state index in [4.69, 9.17) is 4.74 Å². The molecule has 1 fully saturated rings. The van der Waals surface area contributed by atoms with Crippen molar-refractivity contribution in [1.29, 1.82) is 0 Å². The van der Waals surface area contributed by atoms with Crippen LogP contribution in [0.5, 0.6) is 5.75 Å². The Morgan fingerprint density at radius 2 is 2.14 bits per heavy atom. The Hall–Kier alpha value is -1.07. The van der Waals surface area contributed by atoms with E-state index < -0.39 is 0 Å². The molecule has 1 aliphatic carbocycles. The van der Waals surface area contributed by atoms with E-state index in [2.05, 4.69) is 26.6 Å². The molecule has 0 saturated heterocycles. The first-order chi connectivity index (χ1) is 10.1. The second-order valence-corrected chi connectivity index (χ2v) is 6.40. The fraction of sp³-hybridized carbons (Fsp3) is 0.562. The largest absolute Gasteiger partial charge is 0.496 e. The van der Waals surface area contributed by atoms with E-state index in [1.807, 2.05) is 25.1 Å². The van der Waals surface area contributed by atoms with Gasteiger partial charge in [-0.2, -0.15) is 0 Å². The predicted molar refractivity (Wildman–Crippen MR) is 87.5 cm³/mol. The Balaban J connectivity index is 1.83. The van der Waals surface area contributed by atoms with Gasteiger partial charge in [0.05, 0.1) is 24.2 Å². The number of amides is 1. The van der Waals surface area contributed by atoms with Crippen molar-refractivity contribution in [2.75, 3.05) is 13.7 Å². The fourth-order valence-electron chi connectivity index (χ4n) is 2.69. The number of methoxy groups -OCH3 is 1. The van der Waals surface area contributed by atoms with Crippen LogP contribution in [-0.4, -0.2) is 25.6 Å². The van der Waals surface area contributed by atoms with Crippen molar-refractivity contribution in [2.24, 2.45) is 0 Å². The number of benzene rings is 1. The van der Waals surface area contributed by atoms with Crippen molar-refractivity contribution in [3.05, 3.63) is 28.2 Å². The molecule has 1 aromatic rings. The van der Waals surface area contributed by atoms with Crippen LogP contribution in [0.1, 0.15) is 44.2 Å². The second-order valence-electron chi connectivity index (χ2n) is 5.55. The van der Waals surface area contributed by atoms with Crippen LogP contribution in [0, 0.1) is 0 Å². The number of rotatable bonds is 6. The van der Waals surface area contributed by atoms with Crippen molar-refractivity contribution in [1.82, 2.24) is 10.6 Å². The minimum atomic E-state index is -0.0231. The van der Waals surface area contributed by atoms with Crippen LogP contribution in [0.4, 0.5) is 0 Å². The normalized spacial score (nSPS) is 16.7. The van der Waals surface area contributed by atoms with Crippen molar-refractivity contribution < 1.29 is 9.53 Å². The first-order valence-electron chi connectivity index (χ1n) is 7.46. The van der Waals surface area contributed by atoms with Gasteiger partial charge in [-0.1, -0.05) is 18.9 Å². The van der Waals surface area contributed by atoms with Crippen molar-refractivity contribution in [2.45, 2.75) is 44.7 Å². The predicted octanol–water partition coefficient (Wildman–Crippen LogP) is 3.17. The highest BCUT2D eigenvalue weighted by molar-refractivity contribution is 9.10. The van der Waals surface area contributed by atoms with Gasteiger partial charge in [0, 0.05) is 6.04 Å². The lowest BCUT2D eigenvalue weighted by molar-refractivity contribution is -0.121. The highest BCUT2D eigenvalue weighted by Gasteiger charge is 2.16. The average molecular weight is 355 g/mol. The molecule has 0 bridgehead atoms. The molecule has 1 aromatic carbocycles. The van der Waals surface area contributed by atoms with Crippen LogP contribution in [-0.2, 0) is 4.79 Å². The monoisotopic (exact) mass is 354 g/mol. The third kappa shape index (κ3) is 4.71. The quantitative estimate of drug-likeness (QED) is 0.824. The van der Waals surface area contributed by atoms with E-state index in [9.17, 15) is 4.79 Å². The molecule has 0 heterocycles. The Bertz CT molecular complexity index is 487. The van der Waals surface area contributed by atoms with E-state index in [-0.39, 0.29) is 11.9 Å². The third-order valence-corrected chi connectivity index (χ3v) is 4.58. The summed E-state index contributed by atoms with van der Waals surface area (Å²) in [5, 5.41) is 6.35. The molecule has 1 atom stereocenters. The van der Waals surface area contributed by atoms with E-state index in [1.54, 1.807) is 7.11 Å². The van der Waals surface area contributed by atoms with Crippen molar-refractivity contribution in [3.8, 4) is 5.75 Å². The molecule has 0 spiro atoms. The molecule has 0 aliphatic heterocycles. The van der Waals surface area contributed by atoms with E-state index in [0.29, 0.717) is 12.6 Å². The number of halogens is 1. The SMILES string of the molecule is COc1ccc(C(C)NC(=O)CNC2CCCC2)cc1Br. The minimum Gasteiger partial charge on any atom is -0.496 e. The van der Waals surface area contributed by atoms with Crippen LogP contribution in [0.15, 0.2) is 22.7 Å². The summed E-state index contributed by atoms with van der Waals surface area (Å²) in [7, 11) is 1.64. The van der Waals surface area contributed by atoms with Gasteiger partial charge < -0.3 is 15.4 Å². The number of nitrogens with one attached hydrogen (secondary N) is 2. The maximum Gasteiger partial charge on any atom is 0.234 e. The molecule has 1 saturated carbocycles. The van der Waals surface area contributed by atoms with Crippen LogP contribution >= 0.6 is 15.9 Å². The summed E-state index contributed by atoms with van der Waals surface area (Å²) in [4.78, 5) is 12.0. The molecule has 5 heteroatoms. The maximum absolute atomic E-state index is 12.0. The Morgan fingerprint density at radius 1 is 1.43 bits per heavy atom. The van der Waals surface area contributed by atoms with Gasteiger partial charge in [-0.15, -0.1) is 0 Å². The molecule has 0 aromatic heterocycles. The highest BCUT2D eigenvalue weighted by atomic mass is 79.9. The number of hydrogen-bond acceptors (Lipinski definition) is 3. The first kappa shape index (κ1) is 16.3. The summed E-state index contributed by atoms with van der Waals surface area (Å²) in [5.41, 5.74) is 1.05. The average Bonchev–Trinajstić information content (AvgIpc) is 2.98. The summed E-state index contributed by atoms with van der Waals surface area (Å²) in [5.74, 6) is 0.835. The molecule has 116 valence electrons. The summed E-state index contributed by atoms with van der Waals surface area (Å²) < 4.78 is 6.11. The fourth-order valence-corrected chi connectivity index (χ4v) is 3.25. The molecular formula is C16H23BrN2O2. The van der Waals surface area contributed by atoms with Gasteiger partial charge in [-0.3, -0.25) is 4.79 Å². The highest BCUT2D eigenvalue weighted by Crippen LogP contribution is 2.27. The van der Waals surface area contributed by atoms with Crippen molar-refractivity contribution in [3.63, 3.8) is 0 Å². The Morgan fingerprint density at radius 3 is 2.76 bits per heavy atom.